The number of nitrogens with zero attached hydrogens (tertiary/aromatic N) is 3. The second-order valence-electron chi connectivity index (χ2n) is 10.6. The summed E-state index contributed by atoms with van der Waals surface area (Å²) in [7, 11) is -4.16. The molecular weight excluding hydrogens is 600 g/mol. The van der Waals surface area contributed by atoms with E-state index in [-0.39, 0.29) is 56.4 Å². The smallest absolute Gasteiger partial charge is 0.349 e. The topological polar surface area (TPSA) is 166 Å². The number of piperazine rings is 1. The molecule has 3 aromatic rings. The number of halogens is 2. The van der Waals surface area contributed by atoms with Crippen LogP contribution in [0.2, 0.25) is 0 Å². The molecule has 0 bridgehead atoms. The number of carbonyl (C=O) groups is 2. The second kappa shape index (κ2) is 12.8. The van der Waals surface area contributed by atoms with Gasteiger partial charge in [0.15, 0.2) is 0 Å². The number of aromatic hydroxyl groups is 1. The van der Waals surface area contributed by atoms with Gasteiger partial charge in [0.05, 0.1) is 18.1 Å². The average Bonchev–Trinajstić information content (AvgIpc) is 2.97. The molecule has 2 aliphatic heterocycles. The number of rotatable bonds is 9. The summed E-state index contributed by atoms with van der Waals surface area (Å²) in [5.74, 6) is -1.99. The molecule has 15 heteroatoms. The van der Waals surface area contributed by atoms with Crippen LogP contribution in [0.5, 0.6) is 5.75 Å². The maximum absolute atomic E-state index is 13.6. The number of carbonyl (C=O) groups excluding carboxylic acids is 2. The third kappa shape index (κ3) is 7.14. The van der Waals surface area contributed by atoms with E-state index in [1.165, 1.54) is 64.4 Å². The third-order valence-corrected chi connectivity index (χ3v) is 8.08. The van der Waals surface area contributed by atoms with Gasteiger partial charge in [-0.3, -0.25) is 4.79 Å². The van der Waals surface area contributed by atoms with Crippen LogP contribution in [-0.4, -0.2) is 66.7 Å². The first kappa shape index (κ1) is 31.3. The van der Waals surface area contributed by atoms with E-state index >= 15 is 0 Å². The van der Waals surface area contributed by atoms with Crippen molar-refractivity contribution in [3.05, 3.63) is 89.5 Å². The highest BCUT2D eigenvalue weighted by molar-refractivity contribution is 7.84. The van der Waals surface area contributed by atoms with Crippen LogP contribution in [0.1, 0.15) is 36.1 Å². The summed E-state index contributed by atoms with van der Waals surface area (Å²) in [6, 6.07) is 14.2. The van der Waals surface area contributed by atoms with Crippen molar-refractivity contribution in [3.8, 4) is 5.75 Å². The van der Waals surface area contributed by atoms with Gasteiger partial charge in [-0.25, -0.2) is 18.7 Å². The Morgan fingerprint density at radius 1 is 1.00 bits per heavy atom. The van der Waals surface area contributed by atoms with Crippen molar-refractivity contribution in [1.82, 2.24) is 9.96 Å². The van der Waals surface area contributed by atoms with Gasteiger partial charge in [0.1, 0.15) is 17.4 Å². The molecule has 5 rings (SSSR count). The number of nitrogens with one attached hydrogen (secondary N) is 1. The molecule has 3 amide bonds. The van der Waals surface area contributed by atoms with E-state index < -0.39 is 46.0 Å². The fourth-order valence-corrected chi connectivity index (χ4v) is 5.89. The summed E-state index contributed by atoms with van der Waals surface area (Å²) in [4.78, 5) is 29.0. The van der Waals surface area contributed by atoms with Gasteiger partial charge in [-0.2, -0.15) is 17.8 Å². The standard InChI is InChI=1S/C29H31F2N5O7S/c30-19-3-1-18(2-4-19)25(37)12-11-24-27(36(28(24)39)22-8-5-20(31)6-9-22)23-10-7-21(17-26(23)38)33-29(40)34-13-15-35(16-14-34)43-44(32,41)42/h1-10,17,24-25,27,37-38H,11-16H2,(H,33,40)(H2,32,41,42). The van der Waals surface area contributed by atoms with Gasteiger partial charge in [-0.05, 0) is 60.9 Å². The summed E-state index contributed by atoms with van der Waals surface area (Å²) in [6.07, 6.45) is -0.498. The lowest BCUT2D eigenvalue weighted by molar-refractivity contribution is -0.131. The molecule has 5 N–H and O–H groups in total. The Balaban J connectivity index is 1.30. The number of anilines is 2. The lowest BCUT2D eigenvalue weighted by atomic mass is 9.78. The number of urea groups is 1. The molecule has 3 unspecified atom stereocenters. The maximum Gasteiger partial charge on any atom is 0.349 e. The number of hydrogen-bond acceptors (Lipinski definition) is 8. The zero-order chi connectivity index (χ0) is 31.6. The van der Waals surface area contributed by atoms with Gasteiger partial charge < -0.3 is 25.3 Å². The molecule has 0 spiro atoms. The first-order chi connectivity index (χ1) is 20.9. The molecule has 3 aromatic carbocycles. The Labute approximate surface area is 252 Å². The van der Waals surface area contributed by atoms with Gasteiger partial charge in [-0.1, -0.05) is 18.2 Å². The SMILES string of the molecule is NS(=O)(=O)ON1CCN(C(=O)Nc2ccc(C3C(CCC(O)c4ccc(F)cc4)C(=O)N3c3ccc(F)cc3)c(O)c2)CC1. The van der Waals surface area contributed by atoms with Gasteiger partial charge >= 0.3 is 16.3 Å². The first-order valence-electron chi connectivity index (χ1n) is 13.8. The average molecular weight is 632 g/mol. The van der Waals surface area contributed by atoms with E-state index in [4.69, 9.17) is 5.14 Å². The number of β-lactam (4-membered cyclic amide) rings is 1. The lowest BCUT2D eigenvalue weighted by Crippen LogP contribution is -2.55. The summed E-state index contributed by atoms with van der Waals surface area (Å²) in [6.45, 7) is 0.543. The summed E-state index contributed by atoms with van der Waals surface area (Å²) in [5.41, 5.74) is 1.61. The molecule has 234 valence electrons. The van der Waals surface area contributed by atoms with Crippen LogP contribution in [0.4, 0.5) is 25.0 Å². The van der Waals surface area contributed by atoms with Crippen molar-refractivity contribution in [3.63, 3.8) is 0 Å². The van der Waals surface area contributed by atoms with Crippen LogP contribution in [0, 0.1) is 17.6 Å². The Morgan fingerprint density at radius 3 is 2.20 bits per heavy atom. The van der Waals surface area contributed by atoms with E-state index in [0.717, 1.165) is 5.06 Å². The Hall–Kier alpha value is -4.15. The number of benzene rings is 3. The predicted octanol–water partition coefficient (Wildman–Crippen LogP) is 3.17. The summed E-state index contributed by atoms with van der Waals surface area (Å²) >= 11 is 0. The number of hydroxylamine groups is 2. The molecule has 2 saturated heterocycles. The highest BCUT2D eigenvalue weighted by Gasteiger charge is 2.49. The summed E-state index contributed by atoms with van der Waals surface area (Å²) in [5, 5.41) is 30.4. The normalized spacial score (nSPS) is 19.9. The van der Waals surface area contributed by atoms with E-state index in [2.05, 4.69) is 9.60 Å². The quantitative estimate of drug-likeness (QED) is 0.262. The molecule has 2 aliphatic rings. The fourth-order valence-electron chi connectivity index (χ4n) is 5.45. The minimum absolute atomic E-state index is 0.111. The molecule has 0 saturated carbocycles. The van der Waals surface area contributed by atoms with Crippen molar-refractivity contribution < 1.29 is 41.3 Å². The van der Waals surface area contributed by atoms with Gasteiger partial charge in [-0.15, -0.1) is 0 Å². The van der Waals surface area contributed by atoms with E-state index in [1.807, 2.05) is 0 Å². The van der Waals surface area contributed by atoms with Gasteiger partial charge in [0.25, 0.3) is 0 Å². The highest BCUT2D eigenvalue weighted by atomic mass is 32.2. The van der Waals surface area contributed by atoms with E-state index in [9.17, 15) is 37.0 Å². The number of nitrogens with two attached hydrogens (primary N) is 1. The Morgan fingerprint density at radius 2 is 1.61 bits per heavy atom. The van der Waals surface area contributed by atoms with Crippen molar-refractivity contribution in [2.75, 3.05) is 36.4 Å². The Bertz CT molecular complexity index is 1620. The predicted molar refractivity (Wildman–Crippen MR) is 155 cm³/mol. The zero-order valence-corrected chi connectivity index (χ0v) is 24.2. The van der Waals surface area contributed by atoms with Crippen molar-refractivity contribution >= 4 is 33.6 Å². The summed E-state index contributed by atoms with van der Waals surface area (Å²) < 4.78 is 53.8. The van der Waals surface area contributed by atoms with Crippen molar-refractivity contribution in [1.29, 1.82) is 0 Å². The number of phenolic OH excluding ortho intramolecular Hbond substituents is 1. The maximum atomic E-state index is 13.6. The van der Waals surface area contributed by atoms with Crippen LogP contribution >= 0.6 is 0 Å². The Kier molecular flexibility index (Phi) is 9.12. The minimum Gasteiger partial charge on any atom is -0.508 e. The number of aliphatic hydroxyl groups excluding tert-OH is 1. The molecular formula is C29H31F2N5O7S. The van der Waals surface area contributed by atoms with Crippen LogP contribution in [0.25, 0.3) is 0 Å². The second-order valence-corrected chi connectivity index (χ2v) is 11.7. The van der Waals surface area contributed by atoms with Crippen LogP contribution in [0.3, 0.4) is 0 Å². The lowest BCUT2D eigenvalue weighted by Gasteiger charge is -2.48. The number of amides is 3. The molecule has 2 heterocycles. The first-order valence-corrected chi connectivity index (χ1v) is 15.2. The molecule has 0 radical (unpaired) electrons. The monoisotopic (exact) mass is 631 g/mol. The highest BCUT2D eigenvalue weighted by Crippen LogP contribution is 2.49. The fraction of sp³-hybridized carbons (Fsp3) is 0.310. The van der Waals surface area contributed by atoms with E-state index in [0.29, 0.717) is 16.8 Å². The molecule has 2 fully saturated rings. The molecule has 12 nitrogen and oxygen atoms in total. The van der Waals surface area contributed by atoms with Crippen molar-refractivity contribution in [2.45, 2.75) is 25.0 Å². The van der Waals surface area contributed by atoms with Gasteiger partial charge in [0.2, 0.25) is 5.91 Å². The molecule has 0 aromatic heterocycles. The van der Waals surface area contributed by atoms with E-state index in [1.54, 1.807) is 12.1 Å². The van der Waals surface area contributed by atoms with Crippen molar-refractivity contribution in [2.24, 2.45) is 11.1 Å². The molecule has 3 atom stereocenters. The minimum atomic E-state index is -4.16. The molecule has 44 heavy (non-hydrogen) atoms. The number of hydrogen-bond donors (Lipinski definition) is 4. The zero-order valence-electron chi connectivity index (χ0n) is 23.3. The third-order valence-electron chi connectivity index (χ3n) is 7.66. The molecule has 0 aliphatic carbocycles. The van der Waals surface area contributed by atoms with Crippen LogP contribution in [0.15, 0.2) is 66.7 Å². The number of phenols is 1. The number of aliphatic hydroxyl groups is 1. The largest absolute Gasteiger partial charge is 0.508 e. The van der Waals surface area contributed by atoms with Gasteiger partial charge in [0, 0.05) is 49.2 Å². The van der Waals surface area contributed by atoms with Crippen LogP contribution in [-0.2, 0) is 19.4 Å². The van der Waals surface area contributed by atoms with Crippen LogP contribution < -0.4 is 15.4 Å².